The normalized spacial score (nSPS) is 29.8. The standard InChI is InChI=1S/C19H23ClO5S/c1-5-14(21)12-7-6-11(20)10-15(12)25-26(23,24)16-13-8-9-19(4,17(16)22)18(13,2)3/h6-7,10,13,16H,5,8-9H2,1-4H3. The van der Waals surface area contributed by atoms with Crippen LogP contribution >= 0.6 is 11.6 Å². The first-order valence-corrected chi connectivity index (χ1v) is 10.6. The smallest absolute Gasteiger partial charge is 0.319 e. The molecule has 0 N–H and O–H groups in total. The lowest BCUT2D eigenvalue weighted by atomic mass is 9.70. The molecule has 0 spiro atoms. The van der Waals surface area contributed by atoms with Crippen LogP contribution in [0, 0.1) is 16.7 Å². The van der Waals surface area contributed by atoms with E-state index in [1.54, 1.807) is 6.92 Å². The molecule has 1 aromatic carbocycles. The maximum absolute atomic E-state index is 13.0. The zero-order valence-corrected chi connectivity index (χ0v) is 16.9. The van der Waals surface area contributed by atoms with Crippen molar-refractivity contribution in [3.63, 3.8) is 0 Å². The Morgan fingerprint density at radius 2 is 1.96 bits per heavy atom. The molecule has 7 heteroatoms. The van der Waals surface area contributed by atoms with Crippen molar-refractivity contribution in [2.24, 2.45) is 16.7 Å². The Hall–Kier alpha value is -1.40. The summed E-state index contributed by atoms with van der Waals surface area (Å²) in [4.78, 5) is 25.0. The molecular weight excluding hydrogens is 376 g/mol. The third-order valence-electron chi connectivity index (χ3n) is 6.55. The molecule has 0 amide bonds. The predicted octanol–water partition coefficient (Wildman–Crippen LogP) is 4.04. The molecule has 142 valence electrons. The lowest BCUT2D eigenvalue weighted by Crippen LogP contribution is -2.41. The minimum atomic E-state index is -4.24. The summed E-state index contributed by atoms with van der Waals surface area (Å²) in [5, 5.41) is -0.950. The van der Waals surface area contributed by atoms with Crippen molar-refractivity contribution in [2.45, 2.75) is 52.2 Å². The van der Waals surface area contributed by atoms with Gasteiger partial charge in [-0.2, -0.15) is 8.42 Å². The molecule has 0 aliphatic heterocycles. The van der Waals surface area contributed by atoms with E-state index in [-0.39, 0.29) is 40.2 Å². The maximum Gasteiger partial charge on any atom is 0.319 e. The van der Waals surface area contributed by atoms with Crippen LogP contribution in [0.25, 0.3) is 0 Å². The highest BCUT2D eigenvalue weighted by Crippen LogP contribution is 2.65. The molecule has 2 fully saturated rings. The summed E-state index contributed by atoms with van der Waals surface area (Å²) in [7, 11) is -4.24. The van der Waals surface area contributed by atoms with Gasteiger partial charge < -0.3 is 4.18 Å². The molecule has 26 heavy (non-hydrogen) atoms. The van der Waals surface area contributed by atoms with E-state index < -0.39 is 26.2 Å². The summed E-state index contributed by atoms with van der Waals surface area (Å²) in [5.74, 6) is -0.944. The van der Waals surface area contributed by atoms with Crippen LogP contribution in [0.4, 0.5) is 0 Å². The van der Waals surface area contributed by atoms with Crippen LogP contribution in [0.1, 0.15) is 57.3 Å². The molecule has 3 unspecified atom stereocenters. The number of carbonyl (C=O) groups is 2. The number of halogens is 1. The fourth-order valence-electron chi connectivity index (χ4n) is 4.50. The SMILES string of the molecule is CCC(=O)c1ccc(Cl)cc1OS(=O)(=O)C1C(=O)C2(C)CCC1C2(C)C. The van der Waals surface area contributed by atoms with Gasteiger partial charge in [0, 0.05) is 22.9 Å². The van der Waals surface area contributed by atoms with Crippen LogP contribution < -0.4 is 4.18 Å². The van der Waals surface area contributed by atoms with Gasteiger partial charge in [-0.3, -0.25) is 9.59 Å². The average molecular weight is 399 g/mol. The van der Waals surface area contributed by atoms with E-state index in [2.05, 4.69) is 0 Å². The van der Waals surface area contributed by atoms with Gasteiger partial charge in [-0.1, -0.05) is 39.3 Å². The molecule has 1 aromatic rings. The zero-order valence-electron chi connectivity index (χ0n) is 15.3. The Morgan fingerprint density at radius 3 is 2.50 bits per heavy atom. The Bertz CT molecular complexity index is 889. The van der Waals surface area contributed by atoms with Crippen molar-refractivity contribution in [1.82, 2.24) is 0 Å². The van der Waals surface area contributed by atoms with E-state index >= 15 is 0 Å². The maximum atomic E-state index is 13.0. The van der Waals surface area contributed by atoms with E-state index in [0.29, 0.717) is 12.8 Å². The van der Waals surface area contributed by atoms with Gasteiger partial charge in [-0.25, -0.2) is 0 Å². The average Bonchev–Trinajstić information content (AvgIpc) is 2.86. The van der Waals surface area contributed by atoms with E-state index in [1.165, 1.54) is 18.2 Å². The minimum Gasteiger partial charge on any atom is -0.381 e. The number of rotatable bonds is 5. The van der Waals surface area contributed by atoms with Gasteiger partial charge in [0.2, 0.25) is 0 Å². The minimum absolute atomic E-state index is 0.108. The Labute approximate surface area is 159 Å². The van der Waals surface area contributed by atoms with Crippen molar-refractivity contribution in [3.05, 3.63) is 28.8 Å². The molecule has 2 bridgehead atoms. The summed E-state index contributed by atoms with van der Waals surface area (Å²) in [6.07, 6.45) is 1.55. The van der Waals surface area contributed by atoms with Crippen LogP contribution in [0.15, 0.2) is 18.2 Å². The molecular formula is C19H23ClO5S. The van der Waals surface area contributed by atoms with Gasteiger partial charge >= 0.3 is 10.1 Å². The topological polar surface area (TPSA) is 77.5 Å². The van der Waals surface area contributed by atoms with Crippen molar-refractivity contribution in [1.29, 1.82) is 0 Å². The van der Waals surface area contributed by atoms with E-state index in [4.69, 9.17) is 15.8 Å². The third kappa shape index (κ3) is 2.61. The van der Waals surface area contributed by atoms with Crippen molar-refractivity contribution in [3.8, 4) is 5.75 Å². The van der Waals surface area contributed by atoms with Gasteiger partial charge in [0.15, 0.2) is 22.6 Å². The first kappa shape index (κ1) is 19.4. The highest BCUT2D eigenvalue weighted by molar-refractivity contribution is 7.88. The highest BCUT2D eigenvalue weighted by Gasteiger charge is 2.70. The van der Waals surface area contributed by atoms with Crippen molar-refractivity contribution in [2.75, 3.05) is 0 Å². The van der Waals surface area contributed by atoms with Gasteiger partial charge in [0.05, 0.1) is 5.56 Å². The van der Waals surface area contributed by atoms with Crippen LogP contribution in [0.5, 0.6) is 5.75 Å². The number of ketones is 2. The fourth-order valence-corrected chi connectivity index (χ4v) is 6.55. The van der Waals surface area contributed by atoms with E-state index in [1.807, 2.05) is 20.8 Å². The third-order valence-corrected chi connectivity index (χ3v) is 8.37. The second kappa shape index (κ2) is 6.06. The Kier molecular flexibility index (Phi) is 4.51. The van der Waals surface area contributed by atoms with Crippen LogP contribution in [0.2, 0.25) is 5.02 Å². The Morgan fingerprint density at radius 1 is 1.31 bits per heavy atom. The second-order valence-electron chi connectivity index (χ2n) is 7.98. The molecule has 0 saturated heterocycles. The quantitative estimate of drug-likeness (QED) is 0.552. The summed E-state index contributed by atoms with van der Waals surface area (Å²) in [6.45, 7) is 7.42. The number of carbonyl (C=O) groups excluding carboxylic acids is 2. The number of benzene rings is 1. The van der Waals surface area contributed by atoms with Crippen molar-refractivity contribution < 1.29 is 22.2 Å². The molecule has 0 radical (unpaired) electrons. The van der Waals surface area contributed by atoms with Gasteiger partial charge in [0.1, 0.15) is 0 Å². The van der Waals surface area contributed by atoms with Crippen LogP contribution in [-0.2, 0) is 14.9 Å². The van der Waals surface area contributed by atoms with Crippen molar-refractivity contribution >= 4 is 33.3 Å². The molecule has 3 rings (SSSR count). The molecule has 2 saturated carbocycles. The monoisotopic (exact) mass is 398 g/mol. The predicted molar refractivity (Wildman–Crippen MR) is 99.0 cm³/mol. The molecule has 0 aromatic heterocycles. The summed E-state index contributed by atoms with van der Waals surface area (Å²) < 4.78 is 31.3. The first-order chi connectivity index (χ1) is 12.0. The molecule has 2 aliphatic rings. The molecule has 5 nitrogen and oxygen atoms in total. The second-order valence-corrected chi connectivity index (χ2v) is 10.1. The van der Waals surface area contributed by atoms with Gasteiger partial charge in [-0.15, -0.1) is 0 Å². The van der Waals surface area contributed by atoms with E-state index in [0.717, 1.165) is 0 Å². The lowest BCUT2D eigenvalue weighted by Gasteiger charge is -2.32. The zero-order chi connectivity index (χ0) is 19.5. The molecule has 3 atom stereocenters. The fraction of sp³-hybridized carbons (Fsp3) is 0.579. The van der Waals surface area contributed by atoms with Crippen LogP contribution in [-0.4, -0.2) is 25.2 Å². The highest BCUT2D eigenvalue weighted by atomic mass is 35.5. The molecule has 0 heterocycles. The summed E-state index contributed by atoms with van der Waals surface area (Å²) in [6, 6.07) is 4.27. The summed E-state index contributed by atoms with van der Waals surface area (Å²) >= 11 is 5.96. The number of hydrogen-bond donors (Lipinski definition) is 0. The molecule has 2 aliphatic carbocycles. The number of Topliss-reactive ketones (excluding diaryl/α,β-unsaturated/α-hetero) is 2. The number of hydrogen-bond acceptors (Lipinski definition) is 5. The Balaban J connectivity index is 2.01. The lowest BCUT2D eigenvalue weighted by molar-refractivity contribution is -0.128. The summed E-state index contributed by atoms with van der Waals surface area (Å²) in [5.41, 5.74) is -0.932. The van der Waals surface area contributed by atoms with Gasteiger partial charge in [0.25, 0.3) is 0 Å². The largest absolute Gasteiger partial charge is 0.381 e. The first-order valence-electron chi connectivity index (χ1n) is 8.76. The van der Waals surface area contributed by atoms with E-state index in [9.17, 15) is 18.0 Å². The van der Waals surface area contributed by atoms with Gasteiger partial charge in [-0.05, 0) is 36.3 Å². The van der Waals surface area contributed by atoms with Crippen LogP contribution in [0.3, 0.4) is 0 Å². The number of fused-ring (bicyclic) bond motifs is 2.